The van der Waals surface area contributed by atoms with E-state index in [2.05, 4.69) is 207 Å². The van der Waals surface area contributed by atoms with Crippen molar-refractivity contribution < 1.29 is 0 Å². The summed E-state index contributed by atoms with van der Waals surface area (Å²) in [6.45, 7) is 4.69. The third-order valence-electron chi connectivity index (χ3n) is 11.5. The molecular formula is C50H37N. The zero-order valence-electron chi connectivity index (χ0n) is 28.8. The van der Waals surface area contributed by atoms with Crippen LogP contribution in [0.1, 0.15) is 47.2 Å². The van der Waals surface area contributed by atoms with Gasteiger partial charge in [0.05, 0.1) is 5.41 Å². The van der Waals surface area contributed by atoms with Crippen molar-refractivity contribution in [3.05, 3.63) is 221 Å². The van der Waals surface area contributed by atoms with Gasteiger partial charge in [-0.15, -0.1) is 0 Å². The van der Waals surface area contributed by atoms with Crippen molar-refractivity contribution in [3.63, 3.8) is 0 Å². The lowest BCUT2D eigenvalue weighted by molar-refractivity contribution is 0.660. The van der Waals surface area contributed by atoms with Crippen LogP contribution in [0.4, 0.5) is 17.1 Å². The Balaban J connectivity index is 1.25. The second kappa shape index (κ2) is 11.2. The molecule has 0 spiro atoms. The molecule has 0 amide bonds. The smallest absolute Gasteiger partial charge is 0.0720 e. The van der Waals surface area contributed by atoms with E-state index in [1.807, 2.05) is 0 Å². The van der Waals surface area contributed by atoms with Crippen molar-refractivity contribution in [2.24, 2.45) is 0 Å². The molecule has 0 heterocycles. The van der Waals surface area contributed by atoms with Crippen molar-refractivity contribution in [2.75, 3.05) is 4.90 Å². The first-order valence-electron chi connectivity index (χ1n) is 17.9. The molecule has 10 rings (SSSR count). The number of para-hydroxylation sites is 1. The van der Waals surface area contributed by atoms with Gasteiger partial charge in [0.15, 0.2) is 0 Å². The van der Waals surface area contributed by atoms with Crippen LogP contribution in [-0.4, -0.2) is 0 Å². The molecule has 0 saturated carbocycles. The number of benzene rings is 8. The van der Waals surface area contributed by atoms with Crippen LogP contribution in [0.15, 0.2) is 188 Å². The van der Waals surface area contributed by atoms with Gasteiger partial charge in [0.1, 0.15) is 0 Å². The maximum atomic E-state index is 2.44. The molecule has 1 unspecified atom stereocenters. The maximum Gasteiger partial charge on any atom is 0.0720 e. The van der Waals surface area contributed by atoms with Gasteiger partial charge >= 0.3 is 0 Å². The molecule has 0 aliphatic heterocycles. The molecule has 0 aromatic heterocycles. The van der Waals surface area contributed by atoms with E-state index in [4.69, 9.17) is 0 Å². The highest BCUT2D eigenvalue weighted by Gasteiger charge is 2.47. The van der Waals surface area contributed by atoms with Gasteiger partial charge in [0, 0.05) is 22.5 Å². The Hall–Kier alpha value is -6.18. The largest absolute Gasteiger partial charge is 0.310 e. The maximum absolute atomic E-state index is 2.44. The zero-order valence-corrected chi connectivity index (χ0v) is 28.8. The third-order valence-corrected chi connectivity index (χ3v) is 11.5. The molecule has 0 N–H and O–H groups in total. The predicted octanol–water partition coefficient (Wildman–Crippen LogP) is 13.0. The molecule has 2 aliphatic rings. The molecule has 8 aromatic rings. The van der Waals surface area contributed by atoms with E-state index in [1.54, 1.807) is 0 Å². The lowest BCUT2D eigenvalue weighted by atomic mass is 9.66. The van der Waals surface area contributed by atoms with Crippen molar-refractivity contribution in [1.82, 2.24) is 0 Å². The summed E-state index contributed by atoms with van der Waals surface area (Å²) in [4.78, 5) is 2.43. The Morgan fingerprint density at radius 1 is 0.373 bits per heavy atom. The van der Waals surface area contributed by atoms with Crippen molar-refractivity contribution in [1.29, 1.82) is 0 Å². The van der Waals surface area contributed by atoms with Gasteiger partial charge in [-0.3, -0.25) is 0 Å². The van der Waals surface area contributed by atoms with Gasteiger partial charge in [0.25, 0.3) is 0 Å². The minimum absolute atomic E-state index is 0.0456. The van der Waals surface area contributed by atoms with Crippen molar-refractivity contribution in [2.45, 2.75) is 24.7 Å². The van der Waals surface area contributed by atoms with Gasteiger partial charge in [-0.1, -0.05) is 166 Å². The highest BCUT2D eigenvalue weighted by Crippen LogP contribution is 2.59. The van der Waals surface area contributed by atoms with E-state index in [0.29, 0.717) is 0 Å². The Kier molecular flexibility index (Phi) is 6.51. The first-order valence-corrected chi connectivity index (χ1v) is 17.9. The second-order valence-corrected chi connectivity index (χ2v) is 14.5. The normalized spacial score (nSPS) is 16.3. The van der Waals surface area contributed by atoms with E-state index in [-0.39, 0.29) is 5.41 Å². The summed E-state index contributed by atoms with van der Waals surface area (Å²) in [6.07, 6.45) is 0. The number of nitrogens with zero attached hydrogens (tertiary/aromatic N) is 1. The minimum atomic E-state index is -0.521. The molecule has 0 fully saturated rings. The monoisotopic (exact) mass is 651 g/mol. The van der Waals surface area contributed by atoms with Crippen LogP contribution in [0.3, 0.4) is 0 Å². The predicted molar refractivity (Wildman–Crippen MR) is 213 cm³/mol. The highest BCUT2D eigenvalue weighted by atomic mass is 15.1. The fraction of sp³-hybridized carbons (Fsp3) is 0.0800. The van der Waals surface area contributed by atoms with Crippen LogP contribution in [0.25, 0.3) is 33.0 Å². The number of rotatable bonds is 5. The SMILES string of the molecule is CC1(C)c2ccccc2-c2cc(N(c3ccccc3)c3cccc(C4(c5ccccc5)c5ccccc5-c5ccc6ccccc6c54)c3)ccc21. The molecule has 1 atom stereocenters. The van der Waals surface area contributed by atoms with Crippen LogP contribution in [0.5, 0.6) is 0 Å². The average molecular weight is 652 g/mol. The molecule has 242 valence electrons. The molecule has 0 bridgehead atoms. The number of hydrogen-bond donors (Lipinski definition) is 0. The van der Waals surface area contributed by atoms with E-state index >= 15 is 0 Å². The van der Waals surface area contributed by atoms with Crippen molar-refractivity contribution >= 4 is 27.8 Å². The van der Waals surface area contributed by atoms with Gasteiger partial charge in [-0.05, 0) is 103 Å². The van der Waals surface area contributed by atoms with Gasteiger partial charge in [-0.25, -0.2) is 0 Å². The minimum Gasteiger partial charge on any atom is -0.310 e. The molecule has 1 heteroatoms. The highest BCUT2D eigenvalue weighted by molar-refractivity contribution is 6.00. The van der Waals surface area contributed by atoms with E-state index in [9.17, 15) is 0 Å². The summed E-state index contributed by atoms with van der Waals surface area (Å²) in [7, 11) is 0. The number of fused-ring (bicyclic) bond motifs is 8. The summed E-state index contributed by atoms with van der Waals surface area (Å²) in [5.41, 5.74) is 16.1. The first-order chi connectivity index (χ1) is 25.1. The van der Waals surface area contributed by atoms with Gasteiger partial charge in [-0.2, -0.15) is 0 Å². The molecule has 8 aromatic carbocycles. The third kappa shape index (κ3) is 4.22. The van der Waals surface area contributed by atoms with Crippen LogP contribution in [0, 0.1) is 0 Å². The fourth-order valence-corrected chi connectivity index (χ4v) is 9.28. The standard InChI is InChI=1S/C50H37N/c1-49(2)45-26-13-11-25-42(45)44-33-39(29-31-46(44)49)51(37-20-7-4-8-21-37)38-22-15-19-36(32-38)50(35-17-5-3-6-18-35)47-27-14-12-24-41(47)43-30-28-34-16-9-10-23-40(34)48(43)50/h3-33H,1-2H3. The quantitative estimate of drug-likeness (QED) is 0.179. The lowest BCUT2D eigenvalue weighted by Gasteiger charge is -2.36. The van der Waals surface area contributed by atoms with Crippen molar-refractivity contribution in [3.8, 4) is 22.3 Å². The summed E-state index contributed by atoms with van der Waals surface area (Å²) >= 11 is 0. The van der Waals surface area contributed by atoms with E-state index in [0.717, 1.165) is 17.1 Å². The molecule has 0 radical (unpaired) electrons. The van der Waals surface area contributed by atoms with Gasteiger partial charge in [0.2, 0.25) is 0 Å². The fourth-order valence-electron chi connectivity index (χ4n) is 9.28. The van der Waals surface area contributed by atoms with Crippen LogP contribution >= 0.6 is 0 Å². The molecule has 0 saturated heterocycles. The lowest BCUT2D eigenvalue weighted by Crippen LogP contribution is -2.29. The first kappa shape index (κ1) is 29.7. The summed E-state index contributed by atoms with van der Waals surface area (Å²) in [5.74, 6) is 0. The topological polar surface area (TPSA) is 3.24 Å². The number of anilines is 3. The van der Waals surface area contributed by atoms with Gasteiger partial charge < -0.3 is 4.90 Å². The van der Waals surface area contributed by atoms with Crippen LogP contribution < -0.4 is 4.90 Å². The van der Waals surface area contributed by atoms with E-state index < -0.39 is 5.41 Å². The summed E-state index contributed by atoms with van der Waals surface area (Å²) < 4.78 is 0. The number of hydrogen-bond acceptors (Lipinski definition) is 1. The molecule has 1 nitrogen and oxygen atoms in total. The van der Waals surface area contributed by atoms with Crippen LogP contribution in [-0.2, 0) is 10.8 Å². The summed E-state index contributed by atoms with van der Waals surface area (Å²) in [6, 6.07) is 69.8. The Bertz CT molecular complexity index is 2620. The second-order valence-electron chi connectivity index (χ2n) is 14.5. The average Bonchev–Trinajstić information content (AvgIpc) is 3.62. The van der Waals surface area contributed by atoms with Crippen LogP contribution in [0.2, 0.25) is 0 Å². The summed E-state index contributed by atoms with van der Waals surface area (Å²) in [5, 5.41) is 2.55. The molecular weight excluding hydrogens is 615 g/mol. The molecule has 51 heavy (non-hydrogen) atoms. The zero-order chi connectivity index (χ0) is 34.2. The Morgan fingerprint density at radius 2 is 0.961 bits per heavy atom. The van der Waals surface area contributed by atoms with E-state index in [1.165, 1.54) is 66.4 Å². The molecule has 2 aliphatic carbocycles. The Labute approximate surface area is 300 Å². The Morgan fingerprint density at radius 3 is 1.76 bits per heavy atom.